The molecule has 0 aliphatic carbocycles. The number of nitrogens with two attached hydrogens (primary N) is 2. The number of non-ortho nitro benzene ring substituents is 2. The average Bonchev–Trinajstić information content (AvgIpc) is 3.23. The predicted octanol–water partition coefficient (Wildman–Crippen LogP) is 4.77. The van der Waals surface area contributed by atoms with Crippen molar-refractivity contribution in [1.82, 2.24) is 9.13 Å². The van der Waals surface area contributed by atoms with Gasteiger partial charge in [0, 0.05) is 100 Å². The van der Waals surface area contributed by atoms with Crippen molar-refractivity contribution in [1.29, 1.82) is 0 Å². The molecule has 346 valence electrons. The van der Waals surface area contributed by atoms with Crippen LogP contribution in [-0.2, 0) is 43.1 Å². The molecule has 0 bridgehead atoms. The summed E-state index contributed by atoms with van der Waals surface area (Å²) in [6, 6.07) is 28.7. The maximum absolute atomic E-state index is 12.0. The minimum Gasteiger partial charge on any atom is -0.496 e. The van der Waals surface area contributed by atoms with Gasteiger partial charge in [0.15, 0.2) is 0 Å². The van der Waals surface area contributed by atoms with Crippen molar-refractivity contribution >= 4 is 63.2 Å². The largest absolute Gasteiger partial charge is 0.496 e. The summed E-state index contributed by atoms with van der Waals surface area (Å²) < 4.78 is 14.5. The van der Waals surface area contributed by atoms with E-state index in [0.717, 1.165) is 41.3 Å². The van der Waals surface area contributed by atoms with Gasteiger partial charge in [-0.3, -0.25) is 39.4 Å². The third kappa shape index (κ3) is 19.8. The van der Waals surface area contributed by atoms with Crippen LogP contribution in [0.25, 0.3) is 11.1 Å². The van der Waals surface area contributed by atoms with Crippen LogP contribution in [0.4, 0.5) is 22.7 Å². The first-order chi connectivity index (χ1) is 30.1. The van der Waals surface area contributed by atoms with E-state index in [4.69, 9.17) is 50.8 Å². The molecule has 0 radical (unpaired) electrons. The molecule has 6 rings (SSSR count). The van der Waals surface area contributed by atoms with E-state index in [2.05, 4.69) is 15.9 Å². The summed E-state index contributed by atoms with van der Waals surface area (Å²) >= 11 is 3.42. The summed E-state index contributed by atoms with van der Waals surface area (Å²) in [7, 11) is 1.49. The number of carbonyl (C=O) groups is 2. The molecule has 0 amide bonds. The molecular formula is C42H44BBrN6O14Pd. The third-order valence-corrected chi connectivity index (χ3v) is 8.57. The van der Waals surface area contributed by atoms with Gasteiger partial charge in [-0.15, -0.1) is 0 Å². The second-order valence-electron chi connectivity index (χ2n) is 12.9. The van der Waals surface area contributed by atoms with Crippen LogP contribution in [0.1, 0.15) is 25.0 Å². The number of nitrogens with zero attached hydrogens (tertiary/aromatic N) is 4. The van der Waals surface area contributed by atoms with Gasteiger partial charge in [-0.05, 0) is 74.5 Å². The molecule has 0 saturated carbocycles. The van der Waals surface area contributed by atoms with Crippen LogP contribution in [-0.4, -0.2) is 72.5 Å². The van der Waals surface area contributed by atoms with Crippen LogP contribution in [0, 0.1) is 20.2 Å². The van der Waals surface area contributed by atoms with Gasteiger partial charge in [0.05, 0.1) is 41.6 Å². The molecule has 0 fully saturated rings. The van der Waals surface area contributed by atoms with Crippen LogP contribution in [0.5, 0.6) is 11.5 Å². The number of ether oxygens (including phenoxy) is 2. The van der Waals surface area contributed by atoms with Crippen molar-refractivity contribution in [3.63, 3.8) is 0 Å². The van der Waals surface area contributed by atoms with E-state index >= 15 is 0 Å². The summed E-state index contributed by atoms with van der Waals surface area (Å²) in [5.74, 6) is -0.312. The first-order valence-electron chi connectivity index (χ1n) is 18.3. The number of rotatable bonds is 10. The summed E-state index contributed by atoms with van der Waals surface area (Å²) in [5, 5.41) is 53.4. The number of methoxy groups -OCH3 is 2. The van der Waals surface area contributed by atoms with Gasteiger partial charge < -0.3 is 50.3 Å². The van der Waals surface area contributed by atoms with E-state index in [1.807, 2.05) is 30.3 Å². The Morgan fingerprint density at radius 3 is 1.54 bits per heavy atom. The van der Waals surface area contributed by atoms with Crippen LogP contribution >= 0.6 is 15.9 Å². The molecule has 23 heteroatoms. The first-order valence-corrected chi connectivity index (χ1v) is 19.1. The first kappa shape index (κ1) is 55.9. The minimum absolute atomic E-state index is 0. The zero-order valence-electron chi connectivity index (χ0n) is 35.0. The van der Waals surface area contributed by atoms with E-state index < -0.39 is 28.9 Å². The maximum Gasteiger partial charge on any atom is 0.488 e. The molecule has 6 aromatic rings. The number of carboxylic acids is 2. The van der Waals surface area contributed by atoms with Gasteiger partial charge in [0.2, 0.25) is 0 Å². The molecule has 2 aromatic heterocycles. The van der Waals surface area contributed by atoms with E-state index in [9.17, 15) is 29.8 Å². The van der Waals surface area contributed by atoms with E-state index in [1.54, 1.807) is 54.4 Å². The Kier molecular flexibility index (Phi) is 23.9. The van der Waals surface area contributed by atoms with Crippen molar-refractivity contribution in [3.8, 4) is 22.6 Å². The predicted molar refractivity (Wildman–Crippen MR) is 244 cm³/mol. The van der Waals surface area contributed by atoms with Crippen molar-refractivity contribution in [2.75, 3.05) is 25.7 Å². The Labute approximate surface area is 393 Å². The fraction of sp³-hybridized carbons (Fsp3) is 0.143. The van der Waals surface area contributed by atoms with Crippen molar-refractivity contribution in [2.45, 2.75) is 26.9 Å². The summed E-state index contributed by atoms with van der Waals surface area (Å²) in [6.45, 7) is 2.97. The van der Waals surface area contributed by atoms with E-state index in [1.165, 1.54) is 54.1 Å². The van der Waals surface area contributed by atoms with Crippen LogP contribution in [0.2, 0.25) is 0 Å². The minimum atomic E-state index is -1.66. The molecule has 8 N–H and O–H groups in total. The maximum atomic E-state index is 12.0. The van der Waals surface area contributed by atoms with Gasteiger partial charge in [-0.25, -0.2) is 0 Å². The standard InChI is InChI=1S/C19H17N3O4.C13H13BrN2O2.C6H6BNO4.2C2H4O2.Pd/c1-26-18-7-5-13(11-21-12-15(20)6-8-19(21)23)9-17(18)14-3-2-4-16(10-14)22(24)25;1-18-12-4-2-9(6-11(12)14)7-16-8-10(15)3-5-13(16)17;9-7(10)5-2-1-3-6(4-5)8(11)12;2*1-2(3)4;/h2-10,12H,11,20H2,1H3;2-6,8H,7,15H2,1H3;1-4,9-10H;2*1H3,(H,3,4);. The number of nitro groups is 2. The van der Waals surface area contributed by atoms with Crippen LogP contribution in [0.15, 0.2) is 136 Å². The van der Waals surface area contributed by atoms with Gasteiger partial charge in [0.1, 0.15) is 11.5 Å². The molecule has 20 nitrogen and oxygen atoms in total. The van der Waals surface area contributed by atoms with Gasteiger partial charge in [-0.1, -0.05) is 36.4 Å². The molecule has 0 aliphatic rings. The number of halogens is 1. The topological polar surface area (TPSA) is 316 Å². The zero-order chi connectivity index (χ0) is 48.1. The smallest absolute Gasteiger partial charge is 0.488 e. The normalized spacial score (nSPS) is 9.58. The van der Waals surface area contributed by atoms with Crippen molar-refractivity contribution in [3.05, 3.63) is 178 Å². The van der Waals surface area contributed by atoms with Crippen LogP contribution in [0.3, 0.4) is 0 Å². The molecule has 0 aliphatic heterocycles. The quantitative estimate of drug-likeness (QED) is 0.0612. The number of aromatic nitrogens is 2. The van der Waals surface area contributed by atoms with Gasteiger partial charge in [0.25, 0.3) is 34.4 Å². The van der Waals surface area contributed by atoms with Crippen molar-refractivity contribution in [2.24, 2.45) is 0 Å². The molecule has 0 spiro atoms. The number of anilines is 2. The molecule has 0 atom stereocenters. The molecule has 4 aromatic carbocycles. The number of nitro benzene ring substituents is 2. The Morgan fingerprint density at radius 1 is 0.677 bits per heavy atom. The molecule has 65 heavy (non-hydrogen) atoms. The Bertz CT molecular complexity index is 2660. The zero-order valence-corrected chi connectivity index (χ0v) is 38.2. The Morgan fingerprint density at radius 2 is 1.11 bits per heavy atom. The number of aliphatic carboxylic acids is 2. The molecular weight excluding hydrogens is 1010 g/mol. The molecule has 0 unspecified atom stereocenters. The Balaban J connectivity index is 0.000000470. The molecule has 2 heterocycles. The summed E-state index contributed by atoms with van der Waals surface area (Å²) in [5.41, 5.74) is 15.4. The molecule has 0 saturated heterocycles. The summed E-state index contributed by atoms with van der Waals surface area (Å²) in [4.78, 5) is 61.9. The number of hydrogen-bond acceptors (Lipinski definition) is 14. The van der Waals surface area contributed by atoms with Gasteiger partial charge >= 0.3 is 7.12 Å². The van der Waals surface area contributed by atoms with Crippen molar-refractivity contribution < 1.29 is 69.6 Å². The van der Waals surface area contributed by atoms with Gasteiger partial charge in [-0.2, -0.15) is 0 Å². The number of carboxylic acid groups (broad SMARTS) is 2. The fourth-order valence-electron chi connectivity index (χ4n) is 5.21. The number of pyridine rings is 2. The third-order valence-electron chi connectivity index (χ3n) is 7.95. The van der Waals surface area contributed by atoms with Crippen LogP contribution < -0.4 is 37.5 Å². The second kappa shape index (κ2) is 27.8. The second-order valence-corrected chi connectivity index (χ2v) is 13.8. The SMILES string of the molecule is CC(=O)O.CC(=O)O.COc1ccc(Cn2cc(N)ccc2=O)cc1-c1cccc([N+](=O)[O-])c1.COc1ccc(Cn2cc(N)ccc2=O)cc1Br.O=[N+]([O-])c1cccc(B(O)O)c1.[Pd]. The number of benzene rings is 4. The number of nitrogen functional groups attached to an aromatic ring is 2. The fourth-order valence-corrected chi connectivity index (χ4v) is 5.80. The summed E-state index contributed by atoms with van der Waals surface area (Å²) in [6.07, 6.45) is 3.22. The number of hydrogen-bond donors (Lipinski definition) is 6. The van der Waals surface area contributed by atoms with E-state index in [0.29, 0.717) is 41.3 Å². The Hall–Kier alpha value is -7.15. The monoisotopic (exact) mass is 1050 g/mol. The average molecular weight is 1050 g/mol. The van der Waals surface area contributed by atoms with E-state index in [-0.39, 0.29) is 48.4 Å².